The number of nitrogens with one attached hydrogen (secondary N) is 1. The van der Waals surface area contributed by atoms with Gasteiger partial charge in [-0.1, -0.05) is 53.4 Å². The molecule has 0 unspecified atom stereocenters. The van der Waals surface area contributed by atoms with Crippen molar-refractivity contribution < 1.29 is 4.57 Å². The first kappa shape index (κ1) is 16.4. The van der Waals surface area contributed by atoms with Crippen molar-refractivity contribution in [1.82, 2.24) is 0 Å². The Labute approximate surface area is 136 Å². The average Bonchev–Trinajstić information content (AvgIpc) is 2.76. The van der Waals surface area contributed by atoms with Gasteiger partial charge in [0.05, 0.1) is 11.6 Å². The molecule has 0 saturated heterocycles. The lowest BCUT2D eigenvalue weighted by Gasteiger charge is -2.18. The van der Waals surface area contributed by atoms with Crippen molar-refractivity contribution in [2.45, 2.75) is 50.5 Å². The second-order valence-corrected chi connectivity index (χ2v) is 8.51. The molecule has 0 aliphatic rings. The summed E-state index contributed by atoms with van der Waals surface area (Å²) in [5, 5.41) is 3.71. The first-order valence-electron chi connectivity index (χ1n) is 7.29. The topological polar surface area (TPSA) is 15.9 Å². The zero-order valence-corrected chi connectivity index (χ0v) is 15.4. The van der Waals surface area contributed by atoms with Gasteiger partial charge in [0.1, 0.15) is 4.88 Å². The van der Waals surface area contributed by atoms with Crippen molar-refractivity contribution in [1.29, 1.82) is 0 Å². The van der Waals surface area contributed by atoms with Crippen LogP contribution in [0.3, 0.4) is 0 Å². The van der Waals surface area contributed by atoms with Gasteiger partial charge in [0.15, 0.2) is 0 Å². The van der Waals surface area contributed by atoms with Crippen LogP contribution < -0.4 is 9.88 Å². The molecule has 1 N–H and O–H groups in total. The molecule has 0 saturated carbocycles. The van der Waals surface area contributed by atoms with Gasteiger partial charge in [-0.2, -0.15) is 0 Å². The van der Waals surface area contributed by atoms with E-state index < -0.39 is 0 Å². The minimum atomic E-state index is 0.0386. The summed E-state index contributed by atoms with van der Waals surface area (Å²) >= 11 is 3.69. The maximum atomic E-state index is 3.71. The summed E-state index contributed by atoms with van der Waals surface area (Å²) in [6.45, 7) is 11.1. The average molecular weight is 322 g/mol. The van der Waals surface area contributed by atoms with Crippen LogP contribution in [-0.2, 0) is 0 Å². The Balaban J connectivity index is 2.64. The molecule has 1 aromatic carbocycles. The predicted molar refractivity (Wildman–Crippen MR) is 95.5 cm³/mol. The zero-order valence-electron chi connectivity index (χ0n) is 13.7. The molecular weight excluding hydrogens is 296 g/mol. The zero-order chi connectivity index (χ0) is 15.6. The highest BCUT2D eigenvalue weighted by atomic mass is 32.2. The van der Waals surface area contributed by atoms with Crippen molar-refractivity contribution in [2.75, 3.05) is 11.6 Å². The van der Waals surface area contributed by atoms with E-state index in [1.54, 1.807) is 0 Å². The molecule has 1 aromatic heterocycles. The van der Waals surface area contributed by atoms with Crippen LogP contribution in [0.4, 0.5) is 5.82 Å². The monoisotopic (exact) mass is 321 g/mol. The van der Waals surface area contributed by atoms with Gasteiger partial charge in [0.25, 0.3) is 5.82 Å². The van der Waals surface area contributed by atoms with Gasteiger partial charge in [-0.05, 0) is 40.9 Å². The molecule has 0 amide bonds. The lowest BCUT2D eigenvalue weighted by atomic mass is 10.1. The van der Waals surface area contributed by atoms with Crippen LogP contribution in [0.1, 0.15) is 40.7 Å². The fourth-order valence-corrected chi connectivity index (χ4v) is 4.41. The largest absolute Gasteiger partial charge is 0.294 e. The van der Waals surface area contributed by atoms with Crippen molar-refractivity contribution in [3.05, 3.63) is 30.3 Å². The second-order valence-electron chi connectivity index (χ2n) is 6.45. The molecule has 21 heavy (non-hydrogen) atoms. The molecule has 2 aromatic rings. The normalized spacial score (nSPS) is 12.0. The number of aromatic nitrogens is 1. The molecule has 2 rings (SSSR count). The number of hydrogen-bond donors (Lipinski definition) is 1. The standard InChI is InChI=1S/C17H25N2S2/c1-12(2)19-15(18-17(3,4)5)14(21-16(19)20-6)13-10-8-7-9-11-13/h7-12,18H,1-6H3/q+1. The Morgan fingerprint density at radius 3 is 2.24 bits per heavy atom. The molecule has 0 aliphatic heterocycles. The van der Waals surface area contributed by atoms with E-state index in [0.717, 1.165) is 0 Å². The van der Waals surface area contributed by atoms with Crippen LogP contribution in [-0.4, -0.2) is 11.8 Å². The number of anilines is 1. The number of hydrogen-bond acceptors (Lipinski definition) is 3. The molecule has 114 valence electrons. The Morgan fingerprint density at radius 2 is 1.76 bits per heavy atom. The van der Waals surface area contributed by atoms with E-state index in [9.17, 15) is 0 Å². The first-order chi connectivity index (χ1) is 9.83. The quantitative estimate of drug-likeness (QED) is 0.614. The summed E-state index contributed by atoms with van der Waals surface area (Å²) in [5.74, 6) is 1.23. The summed E-state index contributed by atoms with van der Waals surface area (Å²) in [6.07, 6.45) is 2.15. The smallest absolute Gasteiger partial charge is 0.269 e. The van der Waals surface area contributed by atoms with Crippen LogP contribution >= 0.6 is 23.1 Å². The number of benzene rings is 1. The predicted octanol–water partition coefficient (Wildman–Crippen LogP) is 5.22. The summed E-state index contributed by atoms with van der Waals surface area (Å²) in [6, 6.07) is 11.1. The van der Waals surface area contributed by atoms with E-state index >= 15 is 0 Å². The molecule has 2 nitrogen and oxygen atoms in total. The third-order valence-corrected chi connectivity index (χ3v) is 5.36. The maximum Gasteiger partial charge on any atom is 0.294 e. The Morgan fingerprint density at radius 1 is 1.14 bits per heavy atom. The molecule has 0 radical (unpaired) electrons. The van der Waals surface area contributed by atoms with Crippen molar-refractivity contribution in [3.8, 4) is 10.4 Å². The van der Waals surface area contributed by atoms with Crippen LogP contribution in [0, 0.1) is 0 Å². The van der Waals surface area contributed by atoms with E-state index in [1.807, 2.05) is 23.1 Å². The van der Waals surface area contributed by atoms with Crippen molar-refractivity contribution in [3.63, 3.8) is 0 Å². The number of thioether (sulfide) groups is 1. The van der Waals surface area contributed by atoms with Crippen LogP contribution in [0.5, 0.6) is 0 Å². The van der Waals surface area contributed by atoms with Crippen LogP contribution in [0.2, 0.25) is 0 Å². The van der Waals surface area contributed by atoms with Gasteiger partial charge in [-0.15, -0.1) is 0 Å². The van der Waals surface area contributed by atoms with E-state index in [2.05, 4.69) is 81.1 Å². The summed E-state index contributed by atoms with van der Waals surface area (Å²) in [7, 11) is 0. The summed E-state index contributed by atoms with van der Waals surface area (Å²) in [4.78, 5) is 1.32. The Hall–Kier alpha value is -1.00. The number of nitrogens with zero attached hydrogens (tertiary/aromatic N) is 1. The number of thiazole rings is 1. The number of rotatable bonds is 4. The lowest BCUT2D eigenvalue weighted by Crippen LogP contribution is -2.42. The summed E-state index contributed by atoms with van der Waals surface area (Å²) < 4.78 is 3.76. The molecular formula is C17H25N2S2+. The van der Waals surface area contributed by atoms with Gasteiger partial charge < -0.3 is 0 Å². The SMILES string of the molecule is CSc1sc(-c2ccccc2)c(NC(C)(C)C)[n+]1C(C)C. The maximum absolute atomic E-state index is 3.71. The van der Waals surface area contributed by atoms with Crippen LogP contribution in [0.25, 0.3) is 10.4 Å². The van der Waals surface area contributed by atoms with E-state index in [-0.39, 0.29) is 5.54 Å². The highest BCUT2D eigenvalue weighted by Crippen LogP contribution is 2.38. The van der Waals surface area contributed by atoms with Gasteiger partial charge >= 0.3 is 0 Å². The van der Waals surface area contributed by atoms with Gasteiger partial charge in [0, 0.05) is 5.56 Å². The molecule has 0 atom stereocenters. The van der Waals surface area contributed by atoms with Gasteiger partial charge in [-0.25, -0.2) is 4.57 Å². The minimum absolute atomic E-state index is 0.0386. The van der Waals surface area contributed by atoms with E-state index in [4.69, 9.17) is 0 Å². The van der Waals surface area contributed by atoms with Gasteiger partial charge in [0.2, 0.25) is 4.34 Å². The van der Waals surface area contributed by atoms with E-state index in [0.29, 0.717) is 6.04 Å². The minimum Gasteiger partial charge on any atom is -0.269 e. The highest BCUT2D eigenvalue weighted by molar-refractivity contribution is 8.00. The Bertz CT molecular complexity index is 595. The third kappa shape index (κ3) is 3.80. The molecule has 0 bridgehead atoms. The molecule has 1 heterocycles. The molecule has 0 spiro atoms. The highest BCUT2D eigenvalue weighted by Gasteiger charge is 2.30. The lowest BCUT2D eigenvalue weighted by molar-refractivity contribution is -0.731. The van der Waals surface area contributed by atoms with Crippen molar-refractivity contribution >= 4 is 28.9 Å². The molecule has 0 fully saturated rings. The first-order valence-corrected chi connectivity index (χ1v) is 9.33. The molecule has 0 aliphatic carbocycles. The van der Waals surface area contributed by atoms with Crippen molar-refractivity contribution in [2.24, 2.45) is 0 Å². The Kier molecular flexibility index (Phi) is 4.99. The third-order valence-electron chi connectivity index (χ3n) is 3.06. The van der Waals surface area contributed by atoms with E-state index in [1.165, 1.54) is 20.6 Å². The van der Waals surface area contributed by atoms with Gasteiger partial charge in [-0.3, -0.25) is 5.32 Å². The second kappa shape index (κ2) is 6.41. The van der Waals surface area contributed by atoms with Crippen LogP contribution in [0.15, 0.2) is 34.7 Å². The fourth-order valence-electron chi connectivity index (χ4n) is 2.25. The summed E-state index contributed by atoms with van der Waals surface area (Å²) in [5.41, 5.74) is 1.32. The molecule has 4 heteroatoms. The fraction of sp³-hybridized carbons (Fsp3) is 0.471.